The second-order valence-electron chi connectivity index (χ2n) is 6.83. The summed E-state index contributed by atoms with van der Waals surface area (Å²) in [7, 11) is 0. The SMILES string of the molecule is O=C(NCCC(CCO)c1cccs1)C1(c2ccccc2)CCOCC1. The number of thiophene rings is 1. The van der Waals surface area contributed by atoms with Crippen molar-refractivity contribution < 1.29 is 14.6 Å². The van der Waals surface area contributed by atoms with Crippen molar-refractivity contribution in [3.63, 3.8) is 0 Å². The number of nitrogens with one attached hydrogen (secondary N) is 1. The molecule has 1 amide bonds. The molecule has 0 spiro atoms. The van der Waals surface area contributed by atoms with Crippen molar-refractivity contribution in [3.05, 3.63) is 58.3 Å². The smallest absolute Gasteiger partial charge is 0.230 e. The van der Waals surface area contributed by atoms with Crippen molar-refractivity contribution in [1.82, 2.24) is 5.32 Å². The lowest BCUT2D eigenvalue weighted by molar-refractivity contribution is -0.130. The van der Waals surface area contributed by atoms with Crippen molar-refractivity contribution in [2.75, 3.05) is 26.4 Å². The van der Waals surface area contributed by atoms with Crippen LogP contribution in [0, 0.1) is 0 Å². The Hall–Kier alpha value is -1.69. The number of aliphatic hydroxyl groups excluding tert-OH is 1. The van der Waals surface area contributed by atoms with Gasteiger partial charge in [0.2, 0.25) is 5.91 Å². The highest BCUT2D eigenvalue weighted by Gasteiger charge is 2.41. The molecule has 1 saturated heterocycles. The zero-order chi connectivity index (χ0) is 18.2. The molecule has 1 fully saturated rings. The summed E-state index contributed by atoms with van der Waals surface area (Å²) in [5.41, 5.74) is 0.584. The molecule has 0 aliphatic carbocycles. The zero-order valence-corrected chi connectivity index (χ0v) is 15.8. The molecule has 5 heteroatoms. The van der Waals surface area contributed by atoms with Crippen molar-refractivity contribution in [2.45, 2.75) is 37.0 Å². The summed E-state index contributed by atoms with van der Waals surface area (Å²) in [6.07, 6.45) is 3.00. The first-order valence-corrected chi connectivity index (χ1v) is 10.2. The normalized spacial score (nSPS) is 17.6. The van der Waals surface area contributed by atoms with Gasteiger partial charge in [-0.05, 0) is 48.6 Å². The fourth-order valence-electron chi connectivity index (χ4n) is 3.76. The van der Waals surface area contributed by atoms with Crippen LogP contribution in [0.15, 0.2) is 47.8 Å². The molecule has 2 aromatic rings. The number of aliphatic hydroxyl groups is 1. The van der Waals surface area contributed by atoms with Gasteiger partial charge in [-0.3, -0.25) is 4.79 Å². The van der Waals surface area contributed by atoms with Gasteiger partial charge in [-0.15, -0.1) is 11.3 Å². The molecular formula is C21H27NO3S. The summed E-state index contributed by atoms with van der Waals surface area (Å²) in [5.74, 6) is 0.392. The Balaban J connectivity index is 1.65. The number of rotatable bonds is 8. The van der Waals surface area contributed by atoms with E-state index in [1.54, 1.807) is 11.3 Å². The Bertz CT molecular complexity index is 666. The van der Waals surface area contributed by atoms with Crippen molar-refractivity contribution in [3.8, 4) is 0 Å². The molecular weight excluding hydrogens is 346 g/mol. The van der Waals surface area contributed by atoms with E-state index in [1.165, 1.54) is 4.88 Å². The monoisotopic (exact) mass is 373 g/mol. The van der Waals surface area contributed by atoms with Crippen LogP contribution in [0.25, 0.3) is 0 Å². The maximum atomic E-state index is 13.1. The molecule has 0 radical (unpaired) electrons. The van der Waals surface area contributed by atoms with E-state index in [2.05, 4.69) is 16.8 Å². The number of benzene rings is 1. The summed E-state index contributed by atoms with van der Waals surface area (Å²) in [6, 6.07) is 14.2. The highest BCUT2D eigenvalue weighted by molar-refractivity contribution is 7.10. The molecule has 140 valence electrons. The van der Waals surface area contributed by atoms with Crippen molar-refractivity contribution >= 4 is 17.2 Å². The molecule has 2 N–H and O–H groups in total. The second kappa shape index (κ2) is 9.31. The number of ether oxygens (including phenoxy) is 1. The Morgan fingerprint density at radius 2 is 1.92 bits per heavy atom. The van der Waals surface area contributed by atoms with Crippen LogP contribution in [0.3, 0.4) is 0 Å². The Morgan fingerprint density at radius 1 is 1.15 bits per heavy atom. The van der Waals surface area contributed by atoms with Gasteiger partial charge >= 0.3 is 0 Å². The molecule has 3 rings (SSSR count). The van der Waals surface area contributed by atoms with E-state index in [4.69, 9.17) is 4.74 Å². The zero-order valence-electron chi connectivity index (χ0n) is 15.0. The number of hydrogen-bond acceptors (Lipinski definition) is 4. The molecule has 4 nitrogen and oxygen atoms in total. The molecule has 1 aromatic carbocycles. The number of carbonyl (C=O) groups is 1. The van der Waals surface area contributed by atoms with Crippen LogP contribution in [-0.2, 0) is 14.9 Å². The van der Waals surface area contributed by atoms with E-state index >= 15 is 0 Å². The third-order valence-electron chi connectivity index (χ3n) is 5.31. The molecule has 0 bridgehead atoms. The first-order chi connectivity index (χ1) is 12.8. The molecule has 1 unspecified atom stereocenters. The van der Waals surface area contributed by atoms with Gasteiger partial charge in [0.15, 0.2) is 0 Å². The fraction of sp³-hybridized carbons (Fsp3) is 0.476. The topological polar surface area (TPSA) is 58.6 Å². The summed E-state index contributed by atoms with van der Waals surface area (Å²) in [4.78, 5) is 14.4. The van der Waals surface area contributed by atoms with Crippen LogP contribution in [0.4, 0.5) is 0 Å². The molecule has 1 aliphatic heterocycles. The Morgan fingerprint density at radius 3 is 2.58 bits per heavy atom. The quantitative estimate of drug-likeness (QED) is 0.745. The van der Waals surface area contributed by atoms with Crippen LogP contribution >= 0.6 is 11.3 Å². The molecule has 26 heavy (non-hydrogen) atoms. The summed E-state index contributed by atoms with van der Waals surface area (Å²) in [5, 5.41) is 14.6. The molecule has 0 saturated carbocycles. The molecule has 1 aromatic heterocycles. The second-order valence-corrected chi connectivity index (χ2v) is 7.81. The third-order valence-corrected chi connectivity index (χ3v) is 6.34. The predicted molar refractivity (Wildman–Crippen MR) is 105 cm³/mol. The molecule has 1 atom stereocenters. The lowest BCUT2D eigenvalue weighted by Crippen LogP contribution is -2.48. The number of hydrogen-bond donors (Lipinski definition) is 2. The van der Waals surface area contributed by atoms with Gasteiger partial charge < -0.3 is 15.2 Å². The lowest BCUT2D eigenvalue weighted by Gasteiger charge is -2.36. The first kappa shape index (κ1) is 19.1. The van der Waals surface area contributed by atoms with E-state index < -0.39 is 5.41 Å². The fourth-order valence-corrected chi connectivity index (χ4v) is 4.66. The van der Waals surface area contributed by atoms with Gasteiger partial charge in [-0.1, -0.05) is 36.4 Å². The van der Waals surface area contributed by atoms with E-state index in [1.807, 2.05) is 36.4 Å². The van der Waals surface area contributed by atoms with Crippen molar-refractivity contribution in [2.24, 2.45) is 0 Å². The molecule has 2 heterocycles. The van der Waals surface area contributed by atoms with Gasteiger partial charge in [0.25, 0.3) is 0 Å². The Labute approximate surface area is 159 Å². The van der Waals surface area contributed by atoms with E-state index in [0.717, 1.165) is 18.4 Å². The van der Waals surface area contributed by atoms with Crippen LogP contribution in [0.2, 0.25) is 0 Å². The lowest BCUT2D eigenvalue weighted by atomic mass is 9.73. The van der Waals surface area contributed by atoms with Gasteiger partial charge in [0.1, 0.15) is 0 Å². The number of carbonyl (C=O) groups excluding carboxylic acids is 1. The van der Waals surface area contributed by atoms with Gasteiger partial charge in [-0.2, -0.15) is 0 Å². The average Bonchev–Trinajstić information content (AvgIpc) is 3.23. The van der Waals surface area contributed by atoms with Crippen LogP contribution in [0.1, 0.15) is 42.0 Å². The Kier molecular flexibility index (Phi) is 6.83. The number of amides is 1. The van der Waals surface area contributed by atoms with E-state index in [0.29, 0.717) is 38.5 Å². The summed E-state index contributed by atoms with van der Waals surface area (Å²) in [6.45, 7) is 2.02. The van der Waals surface area contributed by atoms with E-state index in [9.17, 15) is 9.90 Å². The van der Waals surface area contributed by atoms with Crippen LogP contribution < -0.4 is 5.32 Å². The molecule has 1 aliphatic rings. The average molecular weight is 374 g/mol. The first-order valence-electron chi connectivity index (χ1n) is 9.32. The third kappa shape index (κ3) is 4.34. The predicted octanol–water partition coefficient (Wildman–Crippen LogP) is 3.47. The highest BCUT2D eigenvalue weighted by Crippen LogP contribution is 2.35. The highest BCUT2D eigenvalue weighted by atomic mass is 32.1. The minimum Gasteiger partial charge on any atom is -0.396 e. The van der Waals surface area contributed by atoms with Crippen molar-refractivity contribution in [1.29, 1.82) is 0 Å². The van der Waals surface area contributed by atoms with Crippen LogP contribution in [0.5, 0.6) is 0 Å². The van der Waals surface area contributed by atoms with Gasteiger partial charge in [-0.25, -0.2) is 0 Å². The van der Waals surface area contributed by atoms with E-state index in [-0.39, 0.29) is 12.5 Å². The maximum absolute atomic E-state index is 13.1. The summed E-state index contributed by atoms with van der Waals surface area (Å²) < 4.78 is 5.51. The largest absolute Gasteiger partial charge is 0.396 e. The summed E-state index contributed by atoms with van der Waals surface area (Å²) >= 11 is 1.71. The van der Waals surface area contributed by atoms with Crippen LogP contribution in [-0.4, -0.2) is 37.4 Å². The maximum Gasteiger partial charge on any atom is 0.230 e. The standard InChI is InChI=1S/C21H27NO3S/c23-13-9-17(19-7-4-16-26-19)8-12-22-20(24)21(10-14-25-15-11-21)18-5-2-1-3-6-18/h1-7,16-17,23H,8-15H2,(H,22,24). The minimum atomic E-state index is -0.491. The minimum absolute atomic E-state index is 0.0981. The van der Waals surface area contributed by atoms with Gasteiger partial charge in [0, 0.05) is 31.2 Å². The van der Waals surface area contributed by atoms with Gasteiger partial charge in [0.05, 0.1) is 5.41 Å².